The molecular formula is C18H11Br2N3O4S2. The van der Waals surface area contributed by atoms with Gasteiger partial charge in [0.15, 0.2) is 0 Å². The van der Waals surface area contributed by atoms with Crippen molar-refractivity contribution in [3.63, 3.8) is 0 Å². The van der Waals surface area contributed by atoms with Crippen LogP contribution in [0.25, 0.3) is 20.4 Å². The predicted octanol–water partition coefficient (Wildman–Crippen LogP) is 4.29. The molecule has 0 bridgehead atoms. The van der Waals surface area contributed by atoms with Crippen molar-refractivity contribution in [3.05, 3.63) is 63.7 Å². The van der Waals surface area contributed by atoms with Gasteiger partial charge in [0.1, 0.15) is 25.5 Å². The van der Waals surface area contributed by atoms with Crippen LogP contribution in [0.2, 0.25) is 0 Å². The number of aromatic carboxylic acids is 1. The Morgan fingerprint density at radius 2 is 1.45 bits per heavy atom. The van der Waals surface area contributed by atoms with Gasteiger partial charge in [-0.1, -0.05) is 0 Å². The molecule has 4 heterocycles. The first-order valence-electron chi connectivity index (χ1n) is 7.86. The molecular weight excluding hydrogens is 546 g/mol. The van der Waals surface area contributed by atoms with Crippen molar-refractivity contribution < 1.29 is 9.90 Å². The van der Waals surface area contributed by atoms with Crippen LogP contribution in [0.1, 0.15) is 14.5 Å². The Bertz CT molecular complexity index is 1440. The van der Waals surface area contributed by atoms with E-state index in [-0.39, 0.29) is 16.0 Å². The molecule has 1 N–H and O–H groups in total. The summed E-state index contributed by atoms with van der Waals surface area (Å²) in [6.45, 7) is 0. The van der Waals surface area contributed by atoms with Gasteiger partial charge in [0.05, 0.1) is 8.95 Å². The maximum Gasteiger partial charge on any atom is 0.347 e. The van der Waals surface area contributed by atoms with Crippen molar-refractivity contribution in [1.29, 1.82) is 5.26 Å². The summed E-state index contributed by atoms with van der Waals surface area (Å²) in [6, 6.07) is 8.38. The summed E-state index contributed by atoms with van der Waals surface area (Å²) in [7, 11) is 3.33. The molecule has 0 unspecified atom stereocenters. The van der Waals surface area contributed by atoms with E-state index in [4.69, 9.17) is 10.4 Å². The lowest BCUT2D eigenvalue weighted by atomic mass is 10.3. The zero-order valence-corrected chi connectivity index (χ0v) is 19.7. The lowest BCUT2D eigenvalue weighted by molar-refractivity contribution is 0.0701. The summed E-state index contributed by atoms with van der Waals surface area (Å²) >= 11 is 8.98. The number of carboxylic acids is 1. The van der Waals surface area contributed by atoms with Crippen LogP contribution in [0.3, 0.4) is 0 Å². The van der Waals surface area contributed by atoms with E-state index < -0.39 is 5.97 Å². The first-order chi connectivity index (χ1) is 13.7. The third-order valence-electron chi connectivity index (χ3n) is 4.08. The van der Waals surface area contributed by atoms with Gasteiger partial charge in [-0.2, -0.15) is 5.26 Å². The number of halogens is 2. The molecule has 0 aromatic carbocycles. The van der Waals surface area contributed by atoms with Crippen molar-refractivity contribution in [2.45, 2.75) is 0 Å². The van der Waals surface area contributed by atoms with E-state index >= 15 is 0 Å². The lowest BCUT2D eigenvalue weighted by Crippen LogP contribution is -2.13. The fourth-order valence-corrected chi connectivity index (χ4v) is 6.13. The average molecular weight is 557 g/mol. The van der Waals surface area contributed by atoms with Gasteiger partial charge in [-0.25, -0.2) is 4.79 Å². The number of carbonyl (C=O) groups is 1. The average Bonchev–Trinajstić information content (AvgIpc) is 3.20. The van der Waals surface area contributed by atoms with E-state index in [1.807, 2.05) is 0 Å². The van der Waals surface area contributed by atoms with Crippen molar-refractivity contribution in [3.8, 4) is 6.07 Å². The highest BCUT2D eigenvalue weighted by Crippen LogP contribution is 2.34. The van der Waals surface area contributed by atoms with Crippen molar-refractivity contribution >= 4 is 80.9 Å². The molecule has 148 valence electrons. The van der Waals surface area contributed by atoms with Crippen LogP contribution in [-0.2, 0) is 14.1 Å². The second-order valence-electron chi connectivity index (χ2n) is 5.81. The molecule has 0 spiro atoms. The van der Waals surface area contributed by atoms with Crippen LogP contribution in [0.5, 0.6) is 0 Å². The van der Waals surface area contributed by atoms with E-state index in [1.54, 1.807) is 30.8 Å². The molecule has 11 heteroatoms. The number of carboxylic acid groups (broad SMARTS) is 1. The maximum atomic E-state index is 11.3. The standard InChI is InChI=1S/C9H5BrN2OS.C9H6BrNO3S/c1-12-7(13)3-2-5-8(10)6(4-11)14-9(5)12;1-11-5(12)3-2-4-6(10)7(9(13)14)15-8(4)11/h2-3H,1H3;2-3H,1H3,(H,13,14). The van der Waals surface area contributed by atoms with E-state index in [0.29, 0.717) is 14.2 Å². The van der Waals surface area contributed by atoms with Crippen LogP contribution >= 0.6 is 54.5 Å². The number of hydrogen-bond acceptors (Lipinski definition) is 6. The lowest BCUT2D eigenvalue weighted by Gasteiger charge is -1.96. The topological polar surface area (TPSA) is 105 Å². The van der Waals surface area contributed by atoms with Crippen LogP contribution in [-0.4, -0.2) is 20.2 Å². The van der Waals surface area contributed by atoms with Gasteiger partial charge < -0.3 is 14.2 Å². The molecule has 0 amide bonds. The first kappa shape index (κ1) is 21.4. The van der Waals surface area contributed by atoms with Crippen LogP contribution in [0.15, 0.2) is 42.8 Å². The number of aromatic nitrogens is 2. The molecule has 0 aliphatic rings. The molecule has 0 saturated heterocycles. The van der Waals surface area contributed by atoms with E-state index in [9.17, 15) is 14.4 Å². The number of fused-ring (bicyclic) bond motifs is 2. The predicted molar refractivity (Wildman–Crippen MR) is 121 cm³/mol. The SMILES string of the molecule is Cn1c(=O)ccc2c(Br)c(C#N)sc21.Cn1c(=O)ccc2c(Br)c(C(=O)O)sc21. The fourth-order valence-electron chi connectivity index (χ4n) is 2.55. The van der Waals surface area contributed by atoms with Gasteiger partial charge in [0.2, 0.25) is 0 Å². The number of aryl methyl sites for hydroxylation is 2. The Morgan fingerprint density at radius 3 is 1.93 bits per heavy atom. The molecule has 0 radical (unpaired) electrons. The third-order valence-corrected chi connectivity index (χ3v) is 8.71. The minimum atomic E-state index is -0.990. The van der Waals surface area contributed by atoms with Gasteiger partial charge >= 0.3 is 5.97 Å². The summed E-state index contributed by atoms with van der Waals surface area (Å²) in [4.78, 5) is 35.8. The zero-order chi connectivity index (χ0) is 21.5. The Morgan fingerprint density at radius 1 is 0.966 bits per heavy atom. The van der Waals surface area contributed by atoms with Crippen LogP contribution < -0.4 is 11.1 Å². The minimum Gasteiger partial charge on any atom is -0.477 e. The van der Waals surface area contributed by atoms with E-state index in [1.165, 1.54) is 28.0 Å². The van der Waals surface area contributed by atoms with E-state index in [2.05, 4.69) is 37.9 Å². The number of rotatable bonds is 1. The quantitative estimate of drug-likeness (QED) is 0.376. The van der Waals surface area contributed by atoms with Gasteiger partial charge in [0, 0.05) is 37.0 Å². The third kappa shape index (κ3) is 3.81. The summed E-state index contributed by atoms with van der Waals surface area (Å²) < 4.78 is 4.30. The minimum absolute atomic E-state index is 0.0595. The van der Waals surface area contributed by atoms with Gasteiger partial charge in [-0.3, -0.25) is 9.59 Å². The molecule has 0 fully saturated rings. The Hall–Kier alpha value is -2.26. The van der Waals surface area contributed by atoms with Crippen molar-refractivity contribution in [2.24, 2.45) is 14.1 Å². The molecule has 7 nitrogen and oxygen atoms in total. The summed E-state index contributed by atoms with van der Waals surface area (Å²) in [5.74, 6) is -0.990. The highest BCUT2D eigenvalue weighted by molar-refractivity contribution is 9.11. The highest BCUT2D eigenvalue weighted by Gasteiger charge is 2.17. The first-order valence-corrected chi connectivity index (χ1v) is 11.1. The Balaban J connectivity index is 0.000000166. The Labute approximate surface area is 188 Å². The molecule has 0 atom stereocenters. The summed E-state index contributed by atoms with van der Waals surface area (Å²) in [6.07, 6.45) is 0. The second kappa shape index (κ2) is 8.23. The normalized spacial score (nSPS) is 10.6. The van der Waals surface area contributed by atoms with E-state index in [0.717, 1.165) is 31.4 Å². The number of nitrogens with zero attached hydrogens (tertiary/aromatic N) is 3. The monoisotopic (exact) mass is 555 g/mol. The summed E-state index contributed by atoms with van der Waals surface area (Å²) in [5, 5.41) is 19.4. The smallest absolute Gasteiger partial charge is 0.347 e. The summed E-state index contributed by atoms with van der Waals surface area (Å²) in [5.41, 5.74) is -0.205. The molecule has 4 rings (SSSR count). The van der Waals surface area contributed by atoms with Gasteiger partial charge in [-0.05, 0) is 44.0 Å². The number of hydrogen-bond donors (Lipinski definition) is 1. The van der Waals surface area contributed by atoms with Crippen LogP contribution in [0.4, 0.5) is 0 Å². The fraction of sp³-hybridized carbons (Fsp3) is 0.111. The van der Waals surface area contributed by atoms with Crippen molar-refractivity contribution in [2.75, 3.05) is 0 Å². The van der Waals surface area contributed by atoms with Gasteiger partial charge in [0.25, 0.3) is 11.1 Å². The maximum absolute atomic E-state index is 11.3. The zero-order valence-electron chi connectivity index (χ0n) is 14.9. The molecule has 4 aromatic rings. The number of pyridine rings is 2. The second-order valence-corrected chi connectivity index (χ2v) is 9.39. The molecule has 29 heavy (non-hydrogen) atoms. The number of nitriles is 1. The number of thiophene rings is 2. The molecule has 0 aliphatic heterocycles. The molecule has 0 saturated carbocycles. The molecule has 4 aromatic heterocycles. The highest BCUT2D eigenvalue weighted by atomic mass is 79.9. The largest absolute Gasteiger partial charge is 0.477 e. The Kier molecular flexibility index (Phi) is 6.09. The molecule has 0 aliphatic carbocycles. The van der Waals surface area contributed by atoms with Crippen LogP contribution in [0, 0.1) is 11.3 Å². The van der Waals surface area contributed by atoms with Gasteiger partial charge in [-0.15, -0.1) is 22.7 Å². The van der Waals surface area contributed by atoms with Crippen molar-refractivity contribution in [1.82, 2.24) is 9.13 Å².